The minimum absolute atomic E-state index is 0.161. The van der Waals surface area contributed by atoms with Gasteiger partial charge in [0.1, 0.15) is 0 Å². The molecule has 1 rings (SSSR count). The molecule has 1 aromatic rings. The Hall–Kier alpha value is -0.0600. The second-order valence-corrected chi connectivity index (χ2v) is 5.55. The van der Waals surface area contributed by atoms with Crippen LogP contribution in [0, 0.1) is 5.92 Å². The van der Waals surface area contributed by atoms with Crippen LogP contribution in [0.25, 0.3) is 0 Å². The van der Waals surface area contributed by atoms with Crippen LogP contribution in [-0.4, -0.2) is 20.7 Å². The Morgan fingerprint density at radius 2 is 1.76 bits per heavy atom. The first-order chi connectivity index (χ1) is 8.15. The van der Waals surface area contributed by atoms with E-state index in [9.17, 15) is 0 Å². The van der Waals surface area contributed by atoms with Crippen LogP contribution in [0.4, 0.5) is 0 Å². The fourth-order valence-corrected chi connectivity index (χ4v) is 3.02. The molecule has 0 saturated carbocycles. The number of rotatable bonds is 7. The summed E-state index contributed by atoms with van der Waals surface area (Å²) < 4.78 is 0. The number of thioether (sulfide) groups is 1. The van der Waals surface area contributed by atoms with Crippen LogP contribution in [-0.2, 0) is 0 Å². The number of halogens is 2. The Labute approximate surface area is 117 Å². The van der Waals surface area contributed by atoms with Crippen molar-refractivity contribution in [2.45, 2.75) is 44.7 Å². The van der Waals surface area contributed by atoms with Crippen molar-refractivity contribution in [1.82, 2.24) is 15.0 Å². The molecule has 1 heterocycles. The molecule has 1 atom stereocenters. The second-order valence-electron chi connectivity index (χ2n) is 3.88. The maximum Gasteiger partial charge on any atom is 0.227 e. The summed E-state index contributed by atoms with van der Waals surface area (Å²) in [4.78, 5) is 11.8. The van der Waals surface area contributed by atoms with Crippen LogP contribution in [0.2, 0.25) is 10.6 Å². The van der Waals surface area contributed by atoms with Crippen LogP contribution < -0.4 is 0 Å². The number of unbranched alkanes of at least 4 members (excludes halogenated alkanes) is 1. The first-order valence-corrected chi connectivity index (χ1v) is 7.59. The van der Waals surface area contributed by atoms with Crippen LogP contribution in [0.3, 0.4) is 0 Å². The van der Waals surface area contributed by atoms with E-state index in [2.05, 4.69) is 28.8 Å². The third-order valence-corrected chi connectivity index (χ3v) is 3.97. The third-order valence-electron chi connectivity index (χ3n) is 2.55. The van der Waals surface area contributed by atoms with E-state index in [1.54, 1.807) is 11.8 Å². The molecular formula is C11H17Cl2N3S. The van der Waals surface area contributed by atoms with Gasteiger partial charge in [0, 0.05) is 5.75 Å². The highest BCUT2D eigenvalue weighted by molar-refractivity contribution is 7.99. The van der Waals surface area contributed by atoms with Crippen molar-refractivity contribution in [2.24, 2.45) is 5.92 Å². The predicted molar refractivity (Wildman–Crippen MR) is 73.9 cm³/mol. The quantitative estimate of drug-likeness (QED) is 0.695. The van der Waals surface area contributed by atoms with Gasteiger partial charge in [0.15, 0.2) is 5.16 Å². The fraction of sp³-hybridized carbons (Fsp3) is 0.727. The van der Waals surface area contributed by atoms with Crippen molar-refractivity contribution in [2.75, 3.05) is 5.75 Å². The molecule has 0 spiro atoms. The zero-order valence-electron chi connectivity index (χ0n) is 10.1. The SMILES string of the molecule is CCCCC(CC)CSc1nc(Cl)nc(Cl)n1. The molecule has 17 heavy (non-hydrogen) atoms. The van der Waals surface area contributed by atoms with Gasteiger partial charge in [-0.15, -0.1) is 0 Å². The smallest absolute Gasteiger partial charge is 0.192 e. The van der Waals surface area contributed by atoms with E-state index in [0.717, 1.165) is 5.75 Å². The molecule has 0 radical (unpaired) electrons. The standard InChI is InChI=1S/C11H17Cl2N3S/c1-3-5-6-8(4-2)7-17-11-15-9(12)14-10(13)16-11/h8H,3-7H2,1-2H3. The molecule has 0 bridgehead atoms. The summed E-state index contributed by atoms with van der Waals surface area (Å²) in [6.07, 6.45) is 4.95. The fourth-order valence-electron chi connectivity index (χ4n) is 1.46. The average molecular weight is 294 g/mol. The molecule has 0 aliphatic heterocycles. The summed E-state index contributed by atoms with van der Waals surface area (Å²) in [7, 11) is 0. The van der Waals surface area contributed by atoms with Gasteiger partial charge < -0.3 is 0 Å². The van der Waals surface area contributed by atoms with E-state index in [1.165, 1.54) is 25.7 Å². The molecule has 6 heteroatoms. The monoisotopic (exact) mass is 293 g/mol. The second kappa shape index (κ2) is 8.11. The molecular weight excluding hydrogens is 277 g/mol. The molecule has 0 aliphatic rings. The Bertz CT molecular complexity index is 329. The van der Waals surface area contributed by atoms with Crippen molar-refractivity contribution in [3.8, 4) is 0 Å². The lowest BCUT2D eigenvalue weighted by molar-refractivity contribution is 0.499. The maximum absolute atomic E-state index is 5.72. The lowest BCUT2D eigenvalue weighted by Gasteiger charge is -2.12. The van der Waals surface area contributed by atoms with Gasteiger partial charge in [0.2, 0.25) is 10.6 Å². The van der Waals surface area contributed by atoms with Gasteiger partial charge in [-0.1, -0.05) is 44.9 Å². The molecule has 96 valence electrons. The number of aromatic nitrogens is 3. The lowest BCUT2D eigenvalue weighted by Crippen LogP contribution is -2.03. The van der Waals surface area contributed by atoms with Crippen molar-refractivity contribution >= 4 is 35.0 Å². The molecule has 3 nitrogen and oxygen atoms in total. The third kappa shape index (κ3) is 5.89. The largest absolute Gasteiger partial charge is 0.227 e. The lowest BCUT2D eigenvalue weighted by atomic mass is 10.0. The van der Waals surface area contributed by atoms with Crippen LogP contribution >= 0.6 is 35.0 Å². The molecule has 0 fully saturated rings. The molecule has 0 N–H and O–H groups in total. The van der Waals surface area contributed by atoms with E-state index >= 15 is 0 Å². The van der Waals surface area contributed by atoms with Gasteiger partial charge >= 0.3 is 0 Å². The Balaban J connectivity index is 2.47. The van der Waals surface area contributed by atoms with E-state index in [4.69, 9.17) is 23.2 Å². The molecule has 0 aromatic carbocycles. The van der Waals surface area contributed by atoms with Crippen molar-refractivity contribution in [3.63, 3.8) is 0 Å². The molecule has 1 aromatic heterocycles. The summed E-state index contributed by atoms with van der Waals surface area (Å²) >= 11 is 13.0. The highest BCUT2D eigenvalue weighted by atomic mass is 35.5. The van der Waals surface area contributed by atoms with Crippen LogP contribution in [0.5, 0.6) is 0 Å². The summed E-state index contributed by atoms with van der Waals surface area (Å²) in [5.74, 6) is 1.71. The van der Waals surface area contributed by atoms with Gasteiger partial charge in [-0.05, 0) is 35.5 Å². The van der Waals surface area contributed by atoms with E-state index in [1.807, 2.05) is 0 Å². The summed E-state index contributed by atoms with van der Waals surface area (Å²) in [5.41, 5.74) is 0. The van der Waals surface area contributed by atoms with Crippen LogP contribution in [0.1, 0.15) is 39.5 Å². The van der Waals surface area contributed by atoms with Gasteiger partial charge in [-0.25, -0.2) is 0 Å². The predicted octanol–water partition coefficient (Wildman–Crippen LogP) is 4.49. The zero-order chi connectivity index (χ0) is 12.7. The van der Waals surface area contributed by atoms with Gasteiger partial charge in [-0.3, -0.25) is 0 Å². The molecule has 0 saturated heterocycles. The first-order valence-electron chi connectivity index (χ1n) is 5.85. The van der Waals surface area contributed by atoms with Crippen molar-refractivity contribution in [1.29, 1.82) is 0 Å². The molecule has 0 amide bonds. The van der Waals surface area contributed by atoms with Gasteiger partial charge in [-0.2, -0.15) is 15.0 Å². The van der Waals surface area contributed by atoms with Gasteiger partial charge in [0.25, 0.3) is 0 Å². The summed E-state index contributed by atoms with van der Waals surface area (Å²) in [6.45, 7) is 4.43. The Morgan fingerprint density at radius 1 is 1.12 bits per heavy atom. The minimum atomic E-state index is 0.161. The Morgan fingerprint density at radius 3 is 2.29 bits per heavy atom. The van der Waals surface area contributed by atoms with E-state index in [0.29, 0.717) is 11.1 Å². The number of hydrogen-bond acceptors (Lipinski definition) is 4. The first kappa shape index (κ1) is 15.0. The zero-order valence-corrected chi connectivity index (χ0v) is 12.4. The molecule has 1 unspecified atom stereocenters. The summed E-state index contributed by atoms with van der Waals surface area (Å²) in [6, 6.07) is 0. The van der Waals surface area contributed by atoms with E-state index < -0.39 is 0 Å². The highest BCUT2D eigenvalue weighted by Crippen LogP contribution is 2.23. The topological polar surface area (TPSA) is 38.7 Å². The average Bonchev–Trinajstić information content (AvgIpc) is 2.28. The maximum atomic E-state index is 5.72. The van der Waals surface area contributed by atoms with E-state index in [-0.39, 0.29) is 10.6 Å². The highest BCUT2D eigenvalue weighted by Gasteiger charge is 2.09. The summed E-state index contributed by atoms with van der Waals surface area (Å²) in [5, 5.41) is 0.938. The molecule has 0 aliphatic carbocycles. The Kier molecular flexibility index (Phi) is 7.16. The minimum Gasteiger partial charge on any atom is -0.192 e. The van der Waals surface area contributed by atoms with Crippen LogP contribution in [0.15, 0.2) is 5.16 Å². The van der Waals surface area contributed by atoms with Crippen molar-refractivity contribution in [3.05, 3.63) is 10.6 Å². The van der Waals surface area contributed by atoms with Gasteiger partial charge in [0.05, 0.1) is 0 Å². The number of nitrogens with zero attached hydrogens (tertiary/aromatic N) is 3. The van der Waals surface area contributed by atoms with Crippen molar-refractivity contribution < 1.29 is 0 Å². The number of hydrogen-bond donors (Lipinski definition) is 0. The normalized spacial score (nSPS) is 12.7.